The number of nitrogens with zero attached hydrogens (tertiary/aromatic N) is 1. The summed E-state index contributed by atoms with van der Waals surface area (Å²) in [5, 5.41) is 0. The van der Waals surface area contributed by atoms with Crippen LogP contribution in [-0.2, 0) is 15.1 Å². The van der Waals surface area contributed by atoms with Crippen molar-refractivity contribution in [1.82, 2.24) is 4.90 Å². The molecule has 0 amide bonds. The van der Waals surface area contributed by atoms with Crippen LogP contribution in [0.15, 0.2) is 24.3 Å². The van der Waals surface area contributed by atoms with Gasteiger partial charge < -0.3 is 9.47 Å². The molecule has 110 valence electrons. The third-order valence-corrected chi connectivity index (χ3v) is 4.17. The summed E-state index contributed by atoms with van der Waals surface area (Å²) >= 11 is 0. The molecule has 4 heteroatoms. The number of hydrogen-bond donors (Lipinski definition) is 0. The lowest BCUT2D eigenvalue weighted by atomic mass is 9.74. The number of carbonyl (C=O) groups is 1. The highest BCUT2D eigenvalue weighted by atomic mass is 16.5. The zero-order chi connectivity index (χ0) is 14.8. The molecule has 1 aromatic rings. The quantitative estimate of drug-likeness (QED) is 0.792. The highest BCUT2D eigenvalue weighted by Gasteiger charge is 2.47. The molecule has 2 atom stereocenters. The highest BCUT2D eigenvalue weighted by molar-refractivity contribution is 5.72. The van der Waals surface area contributed by atoms with Gasteiger partial charge in [0.05, 0.1) is 25.2 Å². The van der Waals surface area contributed by atoms with E-state index < -0.39 is 0 Å². The third-order valence-electron chi connectivity index (χ3n) is 4.17. The van der Waals surface area contributed by atoms with Gasteiger partial charge in [-0.3, -0.25) is 9.69 Å². The van der Waals surface area contributed by atoms with Crippen molar-refractivity contribution < 1.29 is 14.3 Å². The van der Waals surface area contributed by atoms with Crippen molar-refractivity contribution in [2.45, 2.75) is 25.8 Å². The second kappa shape index (κ2) is 5.83. The lowest BCUT2D eigenvalue weighted by Crippen LogP contribution is -2.52. The molecule has 0 saturated carbocycles. The Morgan fingerprint density at radius 3 is 2.80 bits per heavy atom. The van der Waals surface area contributed by atoms with Gasteiger partial charge in [0.2, 0.25) is 0 Å². The predicted molar refractivity (Wildman–Crippen MR) is 77.7 cm³/mol. The molecule has 0 aromatic heterocycles. The van der Waals surface area contributed by atoms with Crippen molar-refractivity contribution in [3.8, 4) is 5.75 Å². The molecule has 20 heavy (non-hydrogen) atoms. The van der Waals surface area contributed by atoms with E-state index in [4.69, 9.17) is 9.47 Å². The molecule has 4 nitrogen and oxygen atoms in total. The number of benzene rings is 1. The van der Waals surface area contributed by atoms with Gasteiger partial charge in [-0.1, -0.05) is 25.1 Å². The van der Waals surface area contributed by atoms with Gasteiger partial charge >= 0.3 is 5.97 Å². The fraction of sp³-hybridized carbons (Fsp3) is 0.562. The summed E-state index contributed by atoms with van der Waals surface area (Å²) in [6.07, 6.45) is 0.343. The fourth-order valence-corrected chi connectivity index (χ4v) is 3.11. The Kier molecular flexibility index (Phi) is 4.33. The molecular formula is C16H23NO3. The first-order chi connectivity index (χ1) is 9.52. The van der Waals surface area contributed by atoms with Crippen LogP contribution in [0.1, 0.15) is 25.8 Å². The van der Waals surface area contributed by atoms with Gasteiger partial charge in [0.1, 0.15) is 5.75 Å². The Balaban J connectivity index is 2.47. The molecular weight excluding hydrogens is 254 g/mol. The number of ether oxygens (including phenoxy) is 2. The second-order valence-electron chi connectivity index (χ2n) is 5.51. The molecule has 1 aromatic carbocycles. The summed E-state index contributed by atoms with van der Waals surface area (Å²) < 4.78 is 11.0. The SMILES string of the molecule is CCOC(=O)CC1(N(C)C)c2ccccc2OCC1C. The average molecular weight is 277 g/mol. The van der Waals surface area contributed by atoms with Gasteiger partial charge in [-0.05, 0) is 27.1 Å². The van der Waals surface area contributed by atoms with Gasteiger partial charge in [0.15, 0.2) is 0 Å². The summed E-state index contributed by atoms with van der Waals surface area (Å²) in [6, 6.07) is 7.96. The molecule has 1 aliphatic rings. The number of para-hydroxylation sites is 1. The minimum absolute atomic E-state index is 0.162. The Labute approximate surface area is 120 Å². The summed E-state index contributed by atoms with van der Waals surface area (Å²) in [7, 11) is 4.02. The van der Waals surface area contributed by atoms with E-state index in [-0.39, 0.29) is 17.4 Å². The van der Waals surface area contributed by atoms with E-state index in [9.17, 15) is 4.79 Å². The summed E-state index contributed by atoms with van der Waals surface area (Å²) in [4.78, 5) is 14.2. The molecule has 2 unspecified atom stereocenters. The Morgan fingerprint density at radius 2 is 2.15 bits per heavy atom. The smallest absolute Gasteiger partial charge is 0.308 e. The van der Waals surface area contributed by atoms with Crippen molar-refractivity contribution in [3.63, 3.8) is 0 Å². The predicted octanol–water partition coefficient (Wildman–Crippen LogP) is 2.43. The van der Waals surface area contributed by atoms with Crippen LogP contribution in [0.4, 0.5) is 0 Å². The molecule has 0 radical (unpaired) electrons. The van der Waals surface area contributed by atoms with Crippen LogP contribution < -0.4 is 4.74 Å². The van der Waals surface area contributed by atoms with Crippen LogP contribution in [0.5, 0.6) is 5.75 Å². The van der Waals surface area contributed by atoms with Crippen molar-refractivity contribution in [2.75, 3.05) is 27.3 Å². The third kappa shape index (κ3) is 2.40. The van der Waals surface area contributed by atoms with Crippen LogP contribution in [0.2, 0.25) is 0 Å². The first-order valence-corrected chi connectivity index (χ1v) is 7.07. The van der Waals surface area contributed by atoms with E-state index in [1.54, 1.807) is 0 Å². The maximum atomic E-state index is 12.1. The highest BCUT2D eigenvalue weighted by Crippen LogP contribution is 2.45. The number of hydrogen-bond acceptors (Lipinski definition) is 4. The van der Waals surface area contributed by atoms with E-state index in [0.29, 0.717) is 19.6 Å². The standard InChI is InChI=1S/C16H23NO3/c1-5-19-15(18)10-16(17(3)4)12(2)11-20-14-9-7-6-8-13(14)16/h6-9,12H,5,10-11H2,1-4H3. The molecule has 0 N–H and O–H groups in total. The van der Waals surface area contributed by atoms with Crippen LogP contribution in [0.25, 0.3) is 0 Å². The maximum absolute atomic E-state index is 12.1. The van der Waals surface area contributed by atoms with Crippen molar-refractivity contribution >= 4 is 5.97 Å². The van der Waals surface area contributed by atoms with Gasteiger partial charge in [0, 0.05) is 11.5 Å². The van der Waals surface area contributed by atoms with E-state index in [1.165, 1.54) is 0 Å². The van der Waals surface area contributed by atoms with Crippen molar-refractivity contribution in [3.05, 3.63) is 29.8 Å². The molecule has 0 spiro atoms. The molecule has 2 rings (SSSR count). The van der Waals surface area contributed by atoms with Crippen LogP contribution in [0.3, 0.4) is 0 Å². The molecule has 1 heterocycles. The molecule has 0 bridgehead atoms. The average Bonchev–Trinajstić information content (AvgIpc) is 2.42. The topological polar surface area (TPSA) is 38.8 Å². The van der Waals surface area contributed by atoms with Gasteiger partial charge in [-0.15, -0.1) is 0 Å². The molecule has 0 saturated heterocycles. The van der Waals surface area contributed by atoms with Crippen molar-refractivity contribution in [2.24, 2.45) is 5.92 Å². The Bertz CT molecular complexity index is 486. The Morgan fingerprint density at radius 1 is 1.45 bits per heavy atom. The minimum Gasteiger partial charge on any atom is -0.493 e. The van der Waals surface area contributed by atoms with E-state index in [0.717, 1.165) is 11.3 Å². The first-order valence-electron chi connectivity index (χ1n) is 7.07. The molecule has 1 aliphatic heterocycles. The van der Waals surface area contributed by atoms with Gasteiger partial charge in [0.25, 0.3) is 0 Å². The summed E-state index contributed by atoms with van der Waals surface area (Å²) in [6.45, 7) is 4.97. The summed E-state index contributed by atoms with van der Waals surface area (Å²) in [5.74, 6) is 0.908. The maximum Gasteiger partial charge on any atom is 0.308 e. The second-order valence-corrected chi connectivity index (χ2v) is 5.51. The van der Waals surface area contributed by atoms with Gasteiger partial charge in [-0.25, -0.2) is 0 Å². The Hall–Kier alpha value is -1.55. The number of esters is 1. The first kappa shape index (κ1) is 14.9. The van der Waals surface area contributed by atoms with Gasteiger partial charge in [-0.2, -0.15) is 0 Å². The van der Waals surface area contributed by atoms with E-state index in [1.807, 2.05) is 45.3 Å². The largest absolute Gasteiger partial charge is 0.493 e. The number of fused-ring (bicyclic) bond motifs is 1. The zero-order valence-electron chi connectivity index (χ0n) is 12.7. The number of rotatable bonds is 4. The summed E-state index contributed by atoms with van der Waals surface area (Å²) in [5.41, 5.74) is 0.693. The minimum atomic E-state index is -0.374. The van der Waals surface area contributed by atoms with Crippen LogP contribution in [-0.4, -0.2) is 38.2 Å². The monoisotopic (exact) mass is 277 g/mol. The van der Waals surface area contributed by atoms with E-state index in [2.05, 4.69) is 11.8 Å². The van der Waals surface area contributed by atoms with Crippen LogP contribution >= 0.6 is 0 Å². The lowest BCUT2D eigenvalue weighted by molar-refractivity contribution is -0.148. The molecule has 0 fully saturated rings. The van der Waals surface area contributed by atoms with E-state index >= 15 is 0 Å². The fourth-order valence-electron chi connectivity index (χ4n) is 3.11. The zero-order valence-corrected chi connectivity index (χ0v) is 12.7. The normalized spacial score (nSPS) is 24.9. The van der Waals surface area contributed by atoms with Crippen molar-refractivity contribution in [1.29, 1.82) is 0 Å². The molecule has 0 aliphatic carbocycles. The lowest BCUT2D eigenvalue weighted by Gasteiger charge is -2.47. The number of carbonyl (C=O) groups excluding carboxylic acids is 1. The van der Waals surface area contributed by atoms with Crippen LogP contribution in [0, 0.1) is 5.92 Å².